The first kappa shape index (κ1) is 26.7. The Morgan fingerprint density at radius 1 is 0.267 bits per heavy atom. The second-order valence-corrected chi connectivity index (χ2v) is 11.5. The van der Waals surface area contributed by atoms with Crippen LogP contribution in [0.3, 0.4) is 0 Å². The highest BCUT2D eigenvalue weighted by atomic mass is 14.9. The average Bonchev–Trinajstić information content (AvgIpc) is 3.12. The van der Waals surface area contributed by atoms with Gasteiger partial charge in [0.25, 0.3) is 0 Å². The number of rotatable bonds is 6. The van der Waals surface area contributed by atoms with E-state index < -0.39 is 0 Å². The van der Waals surface area contributed by atoms with E-state index in [1.807, 2.05) is 0 Å². The quantitative estimate of drug-likeness (QED) is 0.209. The molecule has 0 saturated carbocycles. The van der Waals surface area contributed by atoms with Crippen LogP contribution in [0.1, 0.15) is 0 Å². The van der Waals surface area contributed by atoms with Gasteiger partial charge in [-0.3, -0.25) is 0 Å². The largest absolute Gasteiger partial charge is 0.356 e. The highest BCUT2D eigenvalue weighted by Gasteiger charge is 2.10. The average molecular weight is 574 g/mol. The summed E-state index contributed by atoms with van der Waals surface area (Å²) in [5, 5.41) is 8.67. The van der Waals surface area contributed by atoms with Crippen molar-refractivity contribution >= 4 is 32.9 Å². The van der Waals surface area contributed by atoms with Crippen LogP contribution in [0.15, 0.2) is 182 Å². The zero-order valence-electron chi connectivity index (χ0n) is 24.8. The first-order valence-electron chi connectivity index (χ1n) is 15.4. The van der Waals surface area contributed by atoms with E-state index in [0.29, 0.717) is 0 Å². The minimum absolute atomic E-state index is 1.06. The SMILES string of the molecule is c1ccc(-c2cccc3cccc(-c4ccc(Nc5ccc(-c6ccc(-c7cccc8ccccc78)cc6)cc5)cc4)c23)cc1. The van der Waals surface area contributed by atoms with Crippen molar-refractivity contribution in [2.45, 2.75) is 0 Å². The van der Waals surface area contributed by atoms with Crippen molar-refractivity contribution in [3.8, 4) is 44.5 Å². The minimum Gasteiger partial charge on any atom is -0.356 e. The van der Waals surface area contributed by atoms with Gasteiger partial charge in [-0.25, -0.2) is 0 Å². The van der Waals surface area contributed by atoms with Crippen LogP contribution in [0.25, 0.3) is 66.1 Å². The zero-order valence-corrected chi connectivity index (χ0v) is 24.8. The summed E-state index contributed by atoms with van der Waals surface area (Å²) in [5.74, 6) is 0. The maximum Gasteiger partial charge on any atom is 0.0384 e. The van der Waals surface area contributed by atoms with Gasteiger partial charge >= 0.3 is 0 Å². The Morgan fingerprint density at radius 3 is 1.33 bits per heavy atom. The Kier molecular flexibility index (Phi) is 6.90. The van der Waals surface area contributed by atoms with E-state index in [1.165, 1.54) is 66.1 Å². The lowest BCUT2D eigenvalue weighted by Crippen LogP contribution is -1.91. The lowest BCUT2D eigenvalue weighted by atomic mass is 9.91. The molecule has 8 aromatic rings. The topological polar surface area (TPSA) is 12.0 Å². The van der Waals surface area contributed by atoms with Gasteiger partial charge in [-0.15, -0.1) is 0 Å². The third-order valence-electron chi connectivity index (χ3n) is 8.68. The van der Waals surface area contributed by atoms with Crippen molar-refractivity contribution in [3.05, 3.63) is 182 Å². The van der Waals surface area contributed by atoms with Gasteiger partial charge in [-0.2, -0.15) is 0 Å². The van der Waals surface area contributed by atoms with Crippen LogP contribution in [-0.2, 0) is 0 Å². The van der Waals surface area contributed by atoms with Crippen molar-refractivity contribution in [1.29, 1.82) is 0 Å². The molecule has 0 atom stereocenters. The molecule has 45 heavy (non-hydrogen) atoms. The molecule has 8 rings (SSSR count). The fraction of sp³-hybridized carbons (Fsp3) is 0. The molecule has 0 fully saturated rings. The van der Waals surface area contributed by atoms with E-state index >= 15 is 0 Å². The van der Waals surface area contributed by atoms with Crippen molar-refractivity contribution in [2.24, 2.45) is 0 Å². The Morgan fingerprint density at radius 2 is 0.689 bits per heavy atom. The molecular weight excluding hydrogens is 542 g/mol. The van der Waals surface area contributed by atoms with Gasteiger partial charge in [-0.05, 0) is 90.3 Å². The molecule has 1 nitrogen and oxygen atoms in total. The third kappa shape index (κ3) is 5.26. The van der Waals surface area contributed by atoms with Crippen LogP contribution in [0.2, 0.25) is 0 Å². The summed E-state index contributed by atoms with van der Waals surface area (Å²) in [5.41, 5.74) is 12.0. The van der Waals surface area contributed by atoms with E-state index in [4.69, 9.17) is 0 Å². The molecular formula is C44H31N. The number of nitrogens with one attached hydrogen (secondary N) is 1. The van der Waals surface area contributed by atoms with Crippen molar-refractivity contribution in [3.63, 3.8) is 0 Å². The van der Waals surface area contributed by atoms with Gasteiger partial charge in [0, 0.05) is 11.4 Å². The number of hydrogen-bond donors (Lipinski definition) is 1. The molecule has 0 aliphatic rings. The van der Waals surface area contributed by atoms with E-state index in [-0.39, 0.29) is 0 Å². The maximum absolute atomic E-state index is 3.58. The molecule has 0 heterocycles. The minimum atomic E-state index is 1.06. The van der Waals surface area contributed by atoms with Crippen molar-refractivity contribution < 1.29 is 0 Å². The lowest BCUT2D eigenvalue weighted by Gasteiger charge is -2.14. The van der Waals surface area contributed by atoms with Crippen molar-refractivity contribution in [2.75, 3.05) is 5.32 Å². The van der Waals surface area contributed by atoms with Crippen LogP contribution < -0.4 is 5.32 Å². The molecule has 0 bridgehead atoms. The summed E-state index contributed by atoms with van der Waals surface area (Å²) in [7, 11) is 0. The van der Waals surface area contributed by atoms with Gasteiger partial charge in [0.05, 0.1) is 0 Å². The molecule has 0 aromatic heterocycles. The summed E-state index contributed by atoms with van der Waals surface area (Å²) >= 11 is 0. The molecule has 212 valence electrons. The van der Waals surface area contributed by atoms with Crippen LogP contribution in [0.5, 0.6) is 0 Å². The number of benzene rings is 8. The molecule has 0 spiro atoms. The summed E-state index contributed by atoms with van der Waals surface area (Å²) in [6, 6.07) is 65.2. The smallest absolute Gasteiger partial charge is 0.0384 e. The Hall–Kier alpha value is -5.92. The van der Waals surface area contributed by atoms with Gasteiger partial charge < -0.3 is 5.32 Å². The first-order chi connectivity index (χ1) is 22.3. The van der Waals surface area contributed by atoms with Crippen LogP contribution in [0, 0.1) is 0 Å². The van der Waals surface area contributed by atoms with E-state index in [9.17, 15) is 0 Å². The Balaban J connectivity index is 1.01. The fourth-order valence-electron chi connectivity index (χ4n) is 6.40. The molecule has 8 aromatic carbocycles. The molecule has 0 radical (unpaired) electrons. The van der Waals surface area contributed by atoms with Gasteiger partial charge in [-0.1, -0.05) is 158 Å². The molecule has 0 amide bonds. The molecule has 0 aliphatic heterocycles. The van der Waals surface area contributed by atoms with Gasteiger partial charge in [0.2, 0.25) is 0 Å². The Labute approximate surface area is 264 Å². The molecule has 0 unspecified atom stereocenters. The fourth-order valence-corrected chi connectivity index (χ4v) is 6.40. The summed E-state index contributed by atoms with van der Waals surface area (Å²) in [6.07, 6.45) is 0. The first-order valence-corrected chi connectivity index (χ1v) is 15.4. The van der Waals surface area contributed by atoms with Crippen LogP contribution >= 0.6 is 0 Å². The van der Waals surface area contributed by atoms with Crippen LogP contribution in [-0.4, -0.2) is 0 Å². The Bertz CT molecular complexity index is 2240. The highest BCUT2D eigenvalue weighted by molar-refractivity contribution is 6.06. The van der Waals surface area contributed by atoms with E-state index in [2.05, 4.69) is 187 Å². The molecule has 0 saturated heterocycles. The third-order valence-corrected chi connectivity index (χ3v) is 8.68. The van der Waals surface area contributed by atoms with E-state index in [1.54, 1.807) is 0 Å². The zero-order chi connectivity index (χ0) is 30.0. The lowest BCUT2D eigenvalue weighted by molar-refractivity contribution is 1.54. The predicted octanol–water partition coefficient (Wildman–Crippen LogP) is 12.4. The van der Waals surface area contributed by atoms with Crippen LogP contribution in [0.4, 0.5) is 11.4 Å². The number of hydrogen-bond acceptors (Lipinski definition) is 1. The highest BCUT2D eigenvalue weighted by Crippen LogP contribution is 2.37. The second-order valence-electron chi connectivity index (χ2n) is 11.5. The normalized spacial score (nSPS) is 11.1. The van der Waals surface area contributed by atoms with Gasteiger partial charge in [0.15, 0.2) is 0 Å². The number of fused-ring (bicyclic) bond motifs is 2. The molecule has 1 N–H and O–H groups in total. The number of anilines is 2. The molecule has 0 aliphatic carbocycles. The summed E-state index contributed by atoms with van der Waals surface area (Å²) in [6.45, 7) is 0. The predicted molar refractivity (Wildman–Crippen MR) is 193 cm³/mol. The van der Waals surface area contributed by atoms with Gasteiger partial charge in [0.1, 0.15) is 0 Å². The summed E-state index contributed by atoms with van der Waals surface area (Å²) < 4.78 is 0. The standard InChI is InChI=1S/C44H31N/c1-2-9-34(10-3-1)42-17-7-13-37-14-8-18-43(44(37)42)36-25-29-39(30-26-36)45-38-27-23-32(24-28-38)31-19-21-35(22-20-31)41-16-6-12-33-11-4-5-15-40(33)41/h1-30,45H. The maximum atomic E-state index is 3.58. The monoisotopic (exact) mass is 573 g/mol. The second kappa shape index (κ2) is 11.6. The summed E-state index contributed by atoms with van der Waals surface area (Å²) in [4.78, 5) is 0. The van der Waals surface area contributed by atoms with E-state index in [0.717, 1.165) is 11.4 Å². The molecule has 1 heteroatoms. The van der Waals surface area contributed by atoms with Crippen molar-refractivity contribution in [1.82, 2.24) is 0 Å².